The van der Waals surface area contributed by atoms with Gasteiger partial charge in [0.1, 0.15) is 17.1 Å². The minimum atomic E-state index is 0.739. The molecule has 0 N–H and O–H groups in total. The summed E-state index contributed by atoms with van der Waals surface area (Å²) in [6.45, 7) is 3.21. The average Bonchev–Trinajstić information content (AvgIpc) is 2.59. The van der Waals surface area contributed by atoms with Crippen molar-refractivity contribution in [2.45, 2.75) is 6.92 Å². The third kappa shape index (κ3) is 2.37. The molecule has 0 radical (unpaired) electrons. The van der Waals surface area contributed by atoms with Crippen LogP contribution in [-0.4, -0.2) is 6.54 Å². The van der Waals surface area contributed by atoms with E-state index in [0.717, 1.165) is 11.0 Å². The van der Waals surface area contributed by atoms with Gasteiger partial charge in [-0.15, -0.1) is 0 Å². The summed E-state index contributed by atoms with van der Waals surface area (Å²) in [5.41, 5.74) is 3.87. The van der Waals surface area contributed by atoms with E-state index in [0.29, 0.717) is 0 Å². The van der Waals surface area contributed by atoms with Crippen LogP contribution >= 0.6 is 0 Å². The first-order valence-electron chi connectivity index (χ1n) is 7.43. The van der Waals surface area contributed by atoms with Gasteiger partial charge in [0.25, 0.3) is 0 Å². The Balaban J connectivity index is 2.29. The van der Waals surface area contributed by atoms with Gasteiger partial charge in [-0.25, -0.2) is 4.48 Å². The molecule has 1 nitrogen and oxygen atoms in total. The average molecular weight is 274 g/mol. The van der Waals surface area contributed by atoms with Crippen molar-refractivity contribution in [1.29, 1.82) is 0 Å². The standard InChI is InChI=1S/C20H20N/c1-2-21(18-12-6-3-7-13-18,19-14-8-4-9-15-19)20-16-10-5-11-17-20/h3-17H,2H2,1H3/q+1. The van der Waals surface area contributed by atoms with E-state index in [1.807, 2.05) is 0 Å². The van der Waals surface area contributed by atoms with Crippen LogP contribution in [0.5, 0.6) is 0 Å². The molecule has 3 aromatic rings. The van der Waals surface area contributed by atoms with Gasteiger partial charge < -0.3 is 0 Å². The van der Waals surface area contributed by atoms with E-state index in [1.54, 1.807) is 0 Å². The van der Waals surface area contributed by atoms with E-state index in [2.05, 4.69) is 97.9 Å². The SMILES string of the molecule is CC[N+](c1ccccc1)(c1ccccc1)c1ccccc1. The number of quaternary nitrogens is 1. The van der Waals surface area contributed by atoms with E-state index >= 15 is 0 Å². The maximum atomic E-state index is 2.24. The molecule has 0 aliphatic carbocycles. The zero-order valence-corrected chi connectivity index (χ0v) is 12.3. The summed E-state index contributed by atoms with van der Waals surface area (Å²) in [6.07, 6.45) is 0. The lowest BCUT2D eigenvalue weighted by atomic mass is 10.1. The molecule has 0 aliphatic heterocycles. The Morgan fingerprint density at radius 3 is 1.05 bits per heavy atom. The second-order valence-electron chi connectivity index (χ2n) is 5.13. The van der Waals surface area contributed by atoms with Crippen LogP contribution in [0.2, 0.25) is 0 Å². The monoisotopic (exact) mass is 274 g/mol. The van der Waals surface area contributed by atoms with E-state index in [-0.39, 0.29) is 0 Å². The van der Waals surface area contributed by atoms with Gasteiger partial charge in [-0.1, -0.05) is 54.6 Å². The van der Waals surface area contributed by atoms with Crippen LogP contribution in [0.1, 0.15) is 6.92 Å². The smallest absolute Gasteiger partial charge is 0.143 e. The van der Waals surface area contributed by atoms with Gasteiger partial charge in [0.15, 0.2) is 0 Å². The predicted octanol–water partition coefficient (Wildman–Crippen LogP) is 5.68. The van der Waals surface area contributed by atoms with Gasteiger partial charge in [0, 0.05) is 0 Å². The van der Waals surface area contributed by atoms with Crippen LogP contribution in [0, 0.1) is 0 Å². The molecular weight excluding hydrogens is 254 g/mol. The minimum absolute atomic E-state index is 0.739. The summed E-state index contributed by atoms with van der Waals surface area (Å²) in [4.78, 5) is 0. The van der Waals surface area contributed by atoms with Crippen molar-refractivity contribution in [3.05, 3.63) is 91.0 Å². The molecule has 0 spiro atoms. The summed E-state index contributed by atoms with van der Waals surface area (Å²) in [6, 6.07) is 32.2. The highest BCUT2D eigenvalue weighted by Crippen LogP contribution is 2.42. The zero-order chi connectivity index (χ0) is 14.5. The molecule has 0 saturated carbocycles. The van der Waals surface area contributed by atoms with Gasteiger partial charge in [-0.3, -0.25) is 0 Å². The molecule has 1 heteroatoms. The van der Waals surface area contributed by atoms with Gasteiger partial charge in [0.05, 0.1) is 6.54 Å². The number of hydrogen-bond donors (Lipinski definition) is 0. The van der Waals surface area contributed by atoms with Crippen LogP contribution < -0.4 is 4.48 Å². The summed E-state index contributed by atoms with van der Waals surface area (Å²) in [7, 11) is 0. The second kappa shape index (κ2) is 5.94. The lowest BCUT2D eigenvalue weighted by molar-refractivity contribution is 0.545. The fraction of sp³-hybridized carbons (Fsp3) is 0.100. The van der Waals surface area contributed by atoms with Gasteiger partial charge in [-0.2, -0.15) is 0 Å². The van der Waals surface area contributed by atoms with Crippen molar-refractivity contribution < 1.29 is 0 Å². The molecule has 0 heterocycles. The Hall–Kier alpha value is -2.38. The molecule has 0 aliphatic rings. The molecule has 3 aromatic carbocycles. The van der Waals surface area contributed by atoms with Crippen molar-refractivity contribution in [1.82, 2.24) is 4.48 Å². The normalized spacial score (nSPS) is 11.3. The van der Waals surface area contributed by atoms with Gasteiger partial charge in [-0.05, 0) is 43.3 Å². The molecule has 21 heavy (non-hydrogen) atoms. The van der Waals surface area contributed by atoms with Gasteiger partial charge >= 0.3 is 0 Å². The number of para-hydroxylation sites is 3. The van der Waals surface area contributed by atoms with Crippen molar-refractivity contribution >= 4 is 17.1 Å². The first-order chi connectivity index (χ1) is 10.4. The highest BCUT2D eigenvalue weighted by Gasteiger charge is 2.33. The minimum Gasteiger partial charge on any atom is -0.227 e. The Labute approximate surface area is 126 Å². The molecule has 3 rings (SSSR count). The molecule has 0 unspecified atom stereocenters. The Morgan fingerprint density at radius 1 is 0.524 bits per heavy atom. The van der Waals surface area contributed by atoms with Crippen LogP contribution in [-0.2, 0) is 0 Å². The molecule has 0 amide bonds. The van der Waals surface area contributed by atoms with Crippen molar-refractivity contribution in [3.8, 4) is 0 Å². The Bertz CT molecular complexity index is 578. The van der Waals surface area contributed by atoms with Crippen LogP contribution in [0.15, 0.2) is 91.0 Å². The fourth-order valence-corrected chi connectivity index (χ4v) is 3.04. The summed E-state index contributed by atoms with van der Waals surface area (Å²) >= 11 is 0. The first-order valence-corrected chi connectivity index (χ1v) is 7.43. The number of hydrogen-bond acceptors (Lipinski definition) is 0. The molecule has 0 aromatic heterocycles. The zero-order valence-electron chi connectivity index (χ0n) is 12.3. The lowest BCUT2D eigenvalue weighted by Crippen LogP contribution is -2.38. The van der Waals surface area contributed by atoms with Gasteiger partial charge in [0.2, 0.25) is 0 Å². The van der Waals surface area contributed by atoms with Crippen molar-refractivity contribution in [2.75, 3.05) is 6.54 Å². The molecule has 0 saturated heterocycles. The van der Waals surface area contributed by atoms with Crippen molar-refractivity contribution in [2.24, 2.45) is 0 Å². The molecule has 0 fully saturated rings. The fourth-order valence-electron chi connectivity index (χ4n) is 3.04. The largest absolute Gasteiger partial charge is 0.227 e. The predicted molar refractivity (Wildman–Crippen MR) is 91.0 cm³/mol. The number of rotatable bonds is 4. The molecule has 0 bridgehead atoms. The summed E-state index contributed by atoms with van der Waals surface area (Å²) < 4.78 is 0.739. The molecular formula is C20H20N+. The van der Waals surface area contributed by atoms with Crippen molar-refractivity contribution in [3.63, 3.8) is 0 Å². The van der Waals surface area contributed by atoms with E-state index < -0.39 is 0 Å². The van der Waals surface area contributed by atoms with Crippen LogP contribution in [0.3, 0.4) is 0 Å². The summed E-state index contributed by atoms with van der Waals surface area (Å²) in [5, 5.41) is 0. The van der Waals surface area contributed by atoms with Crippen LogP contribution in [0.4, 0.5) is 17.1 Å². The third-order valence-corrected chi connectivity index (χ3v) is 4.07. The van der Waals surface area contributed by atoms with E-state index in [4.69, 9.17) is 0 Å². The second-order valence-corrected chi connectivity index (χ2v) is 5.13. The summed E-state index contributed by atoms with van der Waals surface area (Å²) in [5.74, 6) is 0. The first kappa shape index (κ1) is 13.6. The lowest BCUT2D eigenvalue weighted by Gasteiger charge is -2.36. The van der Waals surface area contributed by atoms with Crippen LogP contribution in [0.25, 0.3) is 0 Å². The maximum Gasteiger partial charge on any atom is 0.143 e. The third-order valence-electron chi connectivity index (χ3n) is 4.07. The highest BCUT2D eigenvalue weighted by atomic mass is 15.4. The molecule has 0 atom stereocenters. The maximum absolute atomic E-state index is 2.24. The topological polar surface area (TPSA) is 0 Å². The Morgan fingerprint density at radius 2 is 0.810 bits per heavy atom. The van der Waals surface area contributed by atoms with E-state index in [9.17, 15) is 0 Å². The quantitative estimate of drug-likeness (QED) is 0.537. The highest BCUT2D eigenvalue weighted by molar-refractivity contribution is 5.70. The number of nitrogens with zero attached hydrogens (tertiary/aromatic N) is 1. The molecule has 104 valence electrons. The van der Waals surface area contributed by atoms with E-state index in [1.165, 1.54) is 17.1 Å². The number of benzene rings is 3. The Kier molecular flexibility index (Phi) is 3.85.